The van der Waals surface area contributed by atoms with Crippen molar-refractivity contribution in [3.8, 4) is 5.75 Å². The fourth-order valence-electron chi connectivity index (χ4n) is 1.04. The fourth-order valence-corrected chi connectivity index (χ4v) is 3.18. The smallest absolute Gasteiger partial charge is 0.402 e. The number of hydrogen-bond acceptors (Lipinski definition) is 6. The molecule has 0 amide bonds. The maximum atomic E-state index is 11.9. The van der Waals surface area contributed by atoms with Crippen molar-refractivity contribution in [1.82, 2.24) is 0 Å². The Hall–Kier alpha value is -0.880. The molecule has 0 aliphatic rings. The van der Waals surface area contributed by atoms with E-state index in [4.69, 9.17) is 20.0 Å². The van der Waals surface area contributed by atoms with Crippen LogP contribution in [0.2, 0.25) is 0 Å². The third-order valence-electron chi connectivity index (χ3n) is 1.62. The Morgan fingerprint density at radius 3 is 2.39 bits per heavy atom. The summed E-state index contributed by atoms with van der Waals surface area (Å²) in [4.78, 5) is 17.3. The summed E-state index contributed by atoms with van der Waals surface area (Å²) < 4.78 is 36.2. The molecular weight excluding hydrogens is 284 g/mol. The molecule has 0 radical (unpaired) electrons. The van der Waals surface area contributed by atoms with Gasteiger partial charge in [-0.05, 0) is 19.1 Å². The summed E-state index contributed by atoms with van der Waals surface area (Å²) in [6.45, 7) is 1.34. The van der Waals surface area contributed by atoms with E-state index in [0.717, 1.165) is 0 Å². The van der Waals surface area contributed by atoms with Gasteiger partial charge in [-0.15, -0.1) is 0 Å². The molecule has 0 heterocycles. The van der Waals surface area contributed by atoms with Crippen LogP contribution in [0.15, 0.2) is 24.3 Å². The van der Waals surface area contributed by atoms with E-state index in [1.165, 1.54) is 19.1 Å². The van der Waals surface area contributed by atoms with Crippen LogP contribution in [0.25, 0.3) is 0 Å². The molecule has 1 aromatic rings. The summed E-state index contributed by atoms with van der Waals surface area (Å²) >= 11 is 0. The van der Waals surface area contributed by atoms with E-state index < -0.39 is 15.6 Å². The van der Waals surface area contributed by atoms with Gasteiger partial charge in [0.05, 0.1) is 12.3 Å². The molecule has 10 heteroatoms. The minimum absolute atomic E-state index is 0.0530. The van der Waals surface area contributed by atoms with Crippen molar-refractivity contribution in [3.63, 3.8) is 0 Å². The largest absolute Gasteiger partial charge is 0.539 e. The Balaban J connectivity index is 2.97. The number of hydrogen-bond donors (Lipinski definition) is 3. The highest BCUT2D eigenvalue weighted by Gasteiger charge is 2.37. The monoisotopic (exact) mass is 297 g/mol. The van der Waals surface area contributed by atoms with Gasteiger partial charge < -0.3 is 20.0 Å². The number of para-hydroxylation sites is 2. The molecule has 0 bridgehead atoms. The molecule has 0 fully saturated rings. The van der Waals surface area contributed by atoms with Crippen LogP contribution in [0.5, 0.6) is 5.75 Å². The van der Waals surface area contributed by atoms with Crippen LogP contribution in [-0.2, 0) is 18.0 Å². The first kappa shape index (κ1) is 15.2. The average Bonchev–Trinajstić information content (AvgIpc) is 2.18. The van der Waals surface area contributed by atoms with Crippen LogP contribution in [0.4, 0.5) is 5.69 Å². The van der Waals surface area contributed by atoms with Gasteiger partial charge in [0.15, 0.2) is 5.75 Å². The summed E-state index contributed by atoms with van der Waals surface area (Å²) in [5.41, 5.74) is 5.67. The standard InChI is InChI=1S/C8H13NO7P2/c1-2-14-18(13,16-17(10,11)12)15-8-6-4-3-5-7(8)9/h3-6H,2,9H2,1H3,(H2,10,11,12). The molecule has 0 saturated carbocycles. The van der Waals surface area contributed by atoms with Crippen molar-refractivity contribution in [1.29, 1.82) is 0 Å². The molecule has 0 aliphatic heterocycles. The molecule has 1 unspecified atom stereocenters. The fraction of sp³-hybridized carbons (Fsp3) is 0.250. The van der Waals surface area contributed by atoms with Crippen molar-refractivity contribution in [2.75, 3.05) is 12.3 Å². The van der Waals surface area contributed by atoms with Gasteiger partial charge in [0.25, 0.3) is 0 Å². The maximum Gasteiger partial charge on any atom is 0.539 e. The number of phosphoric ester groups is 1. The lowest BCUT2D eigenvalue weighted by molar-refractivity contribution is 0.190. The minimum Gasteiger partial charge on any atom is -0.402 e. The first-order valence-corrected chi connectivity index (χ1v) is 7.80. The molecule has 4 N–H and O–H groups in total. The van der Waals surface area contributed by atoms with Crippen LogP contribution in [0.3, 0.4) is 0 Å². The van der Waals surface area contributed by atoms with Gasteiger partial charge >= 0.3 is 15.6 Å². The molecule has 0 aromatic heterocycles. The molecule has 1 aromatic carbocycles. The third kappa shape index (κ3) is 4.78. The Morgan fingerprint density at radius 1 is 1.28 bits per heavy atom. The summed E-state index contributed by atoms with van der Waals surface area (Å²) in [5.74, 6) is -0.0530. The first-order chi connectivity index (χ1) is 8.26. The molecular formula is C8H13NO7P2. The Bertz CT molecular complexity index is 500. The van der Waals surface area contributed by atoms with Crippen LogP contribution < -0.4 is 10.3 Å². The molecule has 0 saturated heterocycles. The van der Waals surface area contributed by atoms with Crippen molar-refractivity contribution in [2.24, 2.45) is 0 Å². The second-order valence-electron chi connectivity index (χ2n) is 3.07. The zero-order chi connectivity index (χ0) is 13.8. The van der Waals surface area contributed by atoms with Gasteiger partial charge in [-0.2, -0.15) is 4.31 Å². The van der Waals surface area contributed by atoms with Gasteiger partial charge in [0.1, 0.15) is 0 Å². The van der Waals surface area contributed by atoms with Crippen molar-refractivity contribution < 1.29 is 32.3 Å². The average molecular weight is 297 g/mol. The predicted molar refractivity (Wildman–Crippen MR) is 63.8 cm³/mol. The Morgan fingerprint density at radius 2 is 1.89 bits per heavy atom. The van der Waals surface area contributed by atoms with Gasteiger partial charge in [0.2, 0.25) is 0 Å². The second kappa shape index (κ2) is 5.84. The molecule has 0 aliphatic carbocycles. The maximum absolute atomic E-state index is 11.9. The second-order valence-corrected chi connectivity index (χ2v) is 6.04. The highest BCUT2D eigenvalue weighted by atomic mass is 31.3. The van der Waals surface area contributed by atoms with E-state index in [2.05, 4.69) is 8.83 Å². The van der Waals surface area contributed by atoms with Gasteiger partial charge in [-0.1, -0.05) is 12.1 Å². The zero-order valence-electron chi connectivity index (χ0n) is 9.42. The van der Waals surface area contributed by atoms with Crippen LogP contribution in [-0.4, -0.2) is 16.4 Å². The van der Waals surface area contributed by atoms with Gasteiger partial charge in [0, 0.05) is 0 Å². The summed E-state index contributed by atoms with van der Waals surface area (Å²) in [7, 11) is -9.46. The van der Waals surface area contributed by atoms with E-state index >= 15 is 0 Å². The lowest BCUT2D eigenvalue weighted by atomic mass is 10.3. The van der Waals surface area contributed by atoms with Gasteiger partial charge in [-0.25, -0.2) is 9.13 Å². The predicted octanol–water partition coefficient (Wildman–Crippen LogP) is 1.90. The number of rotatable bonds is 6. The van der Waals surface area contributed by atoms with Crippen molar-refractivity contribution in [3.05, 3.63) is 24.3 Å². The Labute approximate surface area is 104 Å². The summed E-state index contributed by atoms with van der Waals surface area (Å²) in [6, 6.07) is 5.98. The topological polar surface area (TPSA) is 128 Å². The number of anilines is 1. The van der Waals surface area contributed by atoms with E-state index in [1.54, 1.807) is 12.1 Å². The van der Waals surface area contributed by atoms with E-state index in [-0.39, 0.29) is 18.0 Å². The van der Waals surface area contributed by atoms with Crippen LogP contribution >= 0.6 is 15.6 Å². The number of phosphoric acid groups is 2. The van der Waals surface area contributed by atoms with E-state index in [9.17, 15) is 9.13 Å². The molecule has 18 heavy (non-hydrogen) atoms. The lowest BCUT2D eigenvalue weighted by Gasteiger charge is -2.18. The normalized spacial score (nSPS) is 15.1. The molecule has 102 valence electrons. The SMILES string of the molecule is CCOP(=O)(Oc1ccccc1N)OP(=O)(O)O. The summed E-state index contributed by atoms with van der Waals surface area (Å²) in [5, 5.41) is 0. The van der Waals surface area contributed by atoms with Crippen LogP contribution in [0, 0.1) is 0 Å². The Kier molecular flexibility index (Phi) is 4.92. The molecule has 8 nitrogen and oxygen atoms in total. The highest BCUT2D eigenvalue weighted by molar-refractivity contribution is 7.61. The number of nitrogens with two attached hydrogens (primary N) is 1. The lowest BCUT2D eigenvalue weighted by Crippen LogP contribution is -2.03. The van der Waals surface area contributed by atoms with E-state index in [0.29, 0.717) is 0 Å². The van der Waals surface area contributed by atoms with E-state index in [1.807, 2.05) is 0 Å². The minimum atomic E-state index is -5.02. The van der Waals surface area contributed by atoms with Crippen LogP contribution in [0.1, 0.15) is 6.92 Å². The molecule has 1 atom stereocenters. The quantitative estimate of drug-likeness (QED) is 0.536. The summed E-state index contributed by atoms with van der Waals surface area (Å²) in [6.07, 6.45) is 0. The number of benzene rings is 1. The third-order valence-corrected chi connectivity index (χ3v) is 4.27. The molecule has 0 spiro atoms. The zero-order valence-corrected chi connectivity index (χ0v) is 11.2. The first-order valence-electron chi connectivity index (χ1n) is 4.81. The molecule has 1 rings (SSSR count). The van der Waals surface area contributed by atoms with Crippen molar-refractivity contribution in [2.45, 2.75) is 6.92 Å². The van der Waals surface area contributed by atoms with Crippen molar-refractivity contribution >= 4 is 21.3 Å². The number of nitrogen functional groups attached to an aromatic ring is 1. The van der Waals surface area contributed by atoms with Gasteiger partial charge in [-0.3, -0.25) is 4.52 Å². The highest BCUT2D eigenvalue weighted by Crippen LogP contribution is 2.61.